The van der Waals surface area contributed by atoms with E-state index >= 15 is 0 Å². The molecule has 2 heterocycles. The van der Waals surface area contributed by atoms with Crippen LogP contribution >= 0.6 is 0 Å². The molecule has 3 aromatic rings. The predicted molar refractivity (Wildman–Crippen MR) is 117 cm³/mol. The molecule has 0 N–H and O–H groups in total. The summed E-state index contributed by atoms with van der Waals surface area (Å²) < 4.78 is 10.7. The molecule has 2 aromatic carbocycles. The van der Waals surface area contributed by atoms with E-state index in [-0.39, 0.29) is 5.91 Å². The average molecular weight is 403 g/mol. The van der Waals surface area contributed by atoms with Crippen LogP contribution in [0.3, 0.4) is 0 Å². The Morgan fingerprint density at radius 3 is 2.27 bits per heavy atom. The van der Waals surface area contributed by atoms with Gasteiger partial charge in [0.25, 0.3) is 5.91 Å². The number of ether oxygens (including phenoxy) is 2. The number of para-hydroxylation sites is 1. The summed E-state index contributed by atoms with van der Waals surface area (Å²) in [5.41, 5.74) is 3.24. The van der Waals surface area contributed by atoms with Gasteiger partial charge in [-0.3, -0.25) is 4.79 Å². The molecule has 0 saturated carbocycles. The molecule has 1 fully saturated rings. The van der Waals surface area contributed by atoms with Gasteiger partial charge in [0.2, 0.25) is 0 Å². The molecule has 6 heteroatoms. The van der Waals surface area contributed by atoms with Gasteiger partial charge in [0.05, 0.1) is 19.9 Å². The minimum Gasteiger partial charge on any atom is -0.493 e. The van der Waals surface area contributed by atoms with E-state index in [9.17, 15) is 4.79 Å². The molecule has 6 nitrogen and oxygen atoms in total. The molecule has 30 heavy (non-hydrogen) atoms. The Morgan fingerprint density at radius 2 is 1.57 bits per heavy atom. The van der Waals surface area contributed by atoms with Crippen molar-refractivity contribution in [3.8, 4) is 22.8 Å². The van der Waals surface area contributed by atoms with Crippen molar-refractivity contribution in [3.05, 3.63) is 72.4 Å². The van der Waals surface area contributed by atoms with Gasteiger partial charge in [0.15, 0.2) is 11.5 Å². The van der Waals surface area contributed by atoms with E-state index in [1.54, 1.807) is 20.3 Å². The highest BCUT2D eigenvalue weighted by Crippen LogP contribution is 2.31. The number of anilines is 1. The van der Waals surface area contributed by atoms with Gasteiger partial charge < -0.3 is 19.3 Å². The number of methoxy groups -OCH3 is 2. The van der Waals surface area contributed by atoms with E-state index in [0.717, 1.165) is 24.3 Å². The fourth-order valence-corrected chi connectivity index (χ4v) is 3.68. The van der Waals surface area contributed by atoms with Crippen molar-refractivity contribution < 1.29 is 14.3 Å². The van der Waals surface area contributed by atoms with Gasteiger partial charge in [0, 0.05) is 37.4 Å². The van der Waals surface area contributed by atoms with Crippen LogP contribution in [0.2, 0.25) is 0 Å². The number of nitrogens with zero attached hydrogens (tertiary/aromatic N) is 3. The van der Waals surface area contributed by atoms with Crippen LogP contribution in [0.4, 0.5) is 5.69 Å². The molecule has 1 amide bonds. The second-order valence-corrected chi connectivity index (χ2v) is 7.09. The quantitative estimate of drug-likeness (QED) is 0.650. The molecule has 0 atom stereocenters. The maximum atomic E-state index is 13.1. The second-order valence-electron chi connectivity index (χ2n) is 7.09. The van der Waals surface area contributed by atoms with Gasteiger partial charge in [-0.2, -0.15) is 0 Å². The van der Waals surface area contributed by atoms with E-state index in [1.165, 1.54) is 5.69 Å². The maximum absolute atomic E-state index is 13.1. The highest BCUT2D eigenvalue weighted by Gasteiger charge is 2.23. The zero-order chi connectivity index (χ0) is 20.9. The smallest absolute Gasteiger partial charge is 0.272 e. The van der Waals surface area contributed by atoms with E-state index < -0.39 is 0 Å². The Bertz CT molecular complexity index is 1020. The van der Waals surface area contributed by atoms with E-state index in [4.69, 9.17) is 9.47 Å². The summed E-state index contributed by atoms with van der Waals surface area (Å²) in [6.07, 6.45) is 0. The number of pyridine rings is 1. The molecular formula is C24H25N3O3. The van der Waals surface area contributed by atoms with Crippen LogP contribution in [0.5, 0.6) is 11.5 Å². The first-order valence-corrected chi connectivity index (χ1v) is 9.98. The molecule has 4 rings (SSSR count). The van der Waals surface area contributed by atoms with Crippen molar-refractivity contribution >= 4 is 11.6 Å². The molecule has 0 radical (unpaired) electrons. The summed E-state index contributed by atoms with van der Waals surface area (Å²) in [5.74, 6) is 1.25. The molecule has 1 saturated heterocycles. The zero-order valence-electron chi connectivity index (χ0n) is 17.2. The van der Waals surface area contributed by atoms with Gasteiger partial charge in [-0.15, -0.1) is 0 Å². The summed E-state index contributed by atoms with van der Waals surface area (Å²) in [4.78, 5) is 21.9. The summed E-state index contributed by atoms with van der Waals surface area (Å²) in [7, 11) is 3.21. The highest BCUT2D eigenvalue weighted by molar-refractivity contribution is 5.93. The van der Waals surface area contributed by atoms with Gasteiger partial charge in [-0.25, -0.2) is 4.98 Å². The van der Waals surface area contributed by atoms with Gasteiger partial charge in [-0.05, 0) is 42.5 Å². The third-order valence-corrected chi connectivity index (χ3v) is 5.34. The van der Waals surface area contributed by atoms with Crippen molar-refractivity contribution in [1.29, 1.82) is 0 Å². The highest BCUT2D eigenvalue weighted by atomic mass is 16.5. The molecule has 1 aliphatic heterocycles. The Labute approximate surface area is 176 Å². The molecular weight excluding hydrogens is 378 g/mol. The number of hydrogen-bond donors (Lipinski definition) is 0. The minimum atomic E-state index is -0.0370. The van der Waals surface area contributed by atoms with Crippen molar-refractivity contribution in [2.75, 3.05) is 45.3 Å². The van der Waals surface area contributed by atoms with E-state index in [1.807, 2.05) is 53.4 Å². The average Bonchev–Trinajstić information content (AvgIpc) is 2.84. The molecule has 1 aromatic heterocycles. The van der Waals surface area contributed by atoms with Crippen molar-refractivity contribution in [2.45, 2.75) is 0 Å². The molecule has 0 aliphatic carbocycles. The Morgan fingerprint density at radius 1 is 0.833 bits per heavy atom. The Kier molecular flexibility index (Phi) is 5.84. The lowest BCUT2D eigenvalue weighted by molar-refractivity contribution is 0.0741. The van der Waals surface area contributed by atoms with E-state index in [0.29, 0.717) is 30.3 Å². The van der Waals surface area contributed by atoms with Crippen LogP contribution in [0, 0.1) is 0 Å². The number of hydrogen-bond acceptors (Lipinski definition) is 5. The van der Waals surface area contributed by atoms with Gasteiger partial charge in [0.1, 0.15) is 5.69 Å². The number of benzene rings is 2. The summed E-state index contributed by atoms with van der Waals surface area (Å²) in [6.45, 7) is 2.97. The monoisotopic (exact) mass is 403 g/mol. The third-order valence-electron chi connectivity index (χ3n) is 5.34. The fraction of sp³-hybridized carbons (Fsp3) is 0.250. The lowest BCUT2D eigenvalue weighted by atomic mass is 10.1. The normalized spacial score (nSPS) is 13.8. The van der Waals surface area contributed by atoms with Crippen LogP contribution in [-0.2, 0) is 0 Å². The van der Waals surface area contributed by atoms with Crippen LogP contribution in [0.1, 0.15) is 10.5 Å². The molecule has 154 valence electrons. The lowest BCUT2D eigenvalue weighted by Crippen LogP contribution is -2.49. The van der Waals surface area contributed by atoms with Crippen molar-refractivity contribution in [1.82, 2.24) is 9.88 Å². The zero-order valence-corrected chi connectivity index (χ0v) is 17.2. The third kappa shape index (κ3) is 4.08. The van der Waals surface area contributed by atoms with Crippen LogP contribution in [0.15, 0.2) is 66.7 Å². The van der Waals surface area contributed by atoms with Gasteiger partial charge >= 0.3 is 0 Å². The summed E-state index contributed by atoms with van der Waals surface area (Å²) >= 11 is 0. The summed E-state index contributed by atoms with van der Waals surface area (Å²) in [5, 5.41) is 0. The molecule has 0 unspecified atom stereocenters. The van der Waals surface area contributed by atoms with Crippen molar-refractivity contribution in [3.63, 3.8) is 0 Å². The first-order chi connectivity index (χ1) is 14.7. The van der Waals surface area contributed by atoms with Crippen LogP contribution in [0.25, 0.3) is 11.3 Å². The number of carbonyl (C=O) groups is 1. The van der Waals surface area contributed by atoms with E-state index in [2.05, 4.69) is 22.0 Å². The van der Waals surface area contributed by atoms with Gasteiger partial charge in [-0.1, -0.05) is 24.3 Å². The maximum Gasteiger partial charge on any atom is 0.272 e. The minimum absolute atomic E-state index is 0.0370. The predicted octanol–water partition coefficient (Wildman–Crippen LogP) is 3.73. The number of rotatable bonds is 5. The number of aromatic nitrogens is 1. The topological polar surface area (TPSA) is 54.9 Å². The number of piperazine rings is 1. The second kappa shape index (κ2) is 8.86. The largest absolute Gasteiger partial charge is 0.493 e. The SMILES string of the molecule is COc1ccc(-c2cccc(C(=O)N3CCN(c4ccccc4)CC3)n2)cc1OC. The van der Waals surface area contributed by atoms with Crippen molar-refractivity contribution in [2.24, 2.45) is 0 Å². The lowest BCUT2D eigenvalue weighted by Gasteiger charge is -2.36. The molecule has 1 aliphatic rings. The molecule has 0 spiro atoms. The van der Waals surface area contributed by atoms with Crippen LogP contribution in [-0.4, -0.2) is 56.2 Å². The standard InChI is InChI=1S/C24H25N3O3/c1-29-22-12-11-18(17-23(22)30-2)20-9-6-10-21(25-20)24(28)27-15-13-26(14-16-27)19-7-4-3-5-8-19/h3-12,17H,13-16H2,1-2H3. The molecule has 0 bridgehead atoms. The Balaban J connectivity index is 1.48. The van der Waals surface area contributed by atoms with Crippen LogP contribution < -0.4 is 14.4 Å². The number of amides is 1. The first kappa shape index (κ1) is 19.8. The first-order valence-electron chi connectivity index (χ1n) is 9.98. The summed E-state index contributed by atoms with van der Waals surface area (Å²) in [6, 6.07) is 21.5. The fourth-order valence-electron chi connectivity index (χ4n) is 3.68. The number of carbonyl (C=O) groups excluding carboxylic acids is 1. The Hall–Kier alpha value is -3.54.